The molecule has 0 aromatic carbocycles. The Balaban J connectivity index is 2.62. The van der Waals surface area contributed by atoms with Crippen LogP contribution in [0.3, 0.4) is 0 Å². The van der Waals surface area contributed by atoms with Gasteiger partial charge >= 0.3 is 0 Å². The smallest absolute Gasteiger partial charge is 0.203 e. The highest BCUT2D eigenvalue weighted by Gasteiger charge is 1.96. The van der Waals surface area contributed by atoms with E-state index in [-0.39, 0.29) is 6.04 Å². The maximum absolute atomic E-state index is 5.72. The Hall–Kier alpha value is -1.34. The molecule has 0 saturated carbocycles. The van der Waals surface area contributed by atoms with Gasteiger partial charge in [-0.25, -0.2) is 9.67 Å². The lowest BCUT2D eigenvalue weighted by atomic mass is 10.2. The standard InChI is InChI=1S/C9H14N4/c1-3-4-8(10)5-6-9-11-7-12-13(9)2/h7-8H,3-4,10H2,1-2H3. The molecule has 2 N–H and O–H groups in total. The van der Waals surface area contributed by atoms with Gasteiger partial charge in [0.1, 0.15) is 6.33 Å². The summed E-state index contributed by atoms with van der Waals surface area (Å²) in [6, 6.07) is -0.0540. The third-order valence-corrected chi connectivity index (χ3v) is 1.68. The SMILES string of the molecule is CCCC(N)C#Cc1ncnn1C. The van der Waals surface area contributed by atoms with Crippen LogP contribution in [0.2, 0.25) is 0 Å². The largest absolute Gasteiger partial charge is 0.318 e. The van der Waals surface area contributed by atoms with Gasteiger partial charge in [0.25, 0.3) is 0 Å². The maximum Gasteiger partial charge on any atom is 0.203 e. The molecular weight excluding hydrogens is 164 g/mol. The monoisotopic (exact) mass is 178 g/mol. The van der Waals surface area contributed by atoms with E-state index in [1.54, 1.807) is 4.68 Å². The summed E-state index contributed by atoms with van der Waals surface area (Å²) in [5.74, 6) is 6.48. The van der Waals surface area contributed by atoms with Crippen LogP contribution in [0.25, 0.3) is 0 Å². The van der Waals surface area contributed by atoms with Gasteiger partial charge in [0, 0.05) is 7.05 Å². The first-order valence-electron chi connectivity index (χ1n) is 4.35. The summed E-state index contributed by atoms with van der Waals surface area (Å²) in [7, 11) is 1.81. The minimum atomic E-state index is -0.0540. The Morgan fingerprint density at radius 3 is 3.00 bits per heavy atom. The number of aryl methyl sites for hydroxylation is 1. The molecule has 0 spiro atoms. The quantitative estimate of drug-likeness (QED) is 0.662. The topological polar surface area (TPSA) is 56.7 Å². The molecule has 1 aromatic rings. The minimum Gasteiger partial charge on any atom is -0.318 e. The first kappa shape index (κ1) is 9.75. The molecule has 0 saturated heterocycles. The van der Waals surface area contributed by atoms with Crippen LogP contribution in [0.4, 0.5) is 0 Å². The molecule has 1 rings (SSSR count). The van der Waals surface area contributed by atoms with E-state index >= 15 is 0 Å². The van der Waals surface area contributed by atoms with E-state index in [9.17, 15) is 0 Å². The lowest BCUT2D eigenvalue weighted by molar-refractivity contribution is 0.718. The van der Waals surface area contributed by atoms with Gasteiger partial charge in [0.05, 0.1) is 6.04 Å². The molecule has 1 heterocycles. The summed E-state index contributed by atoms with van der Waals surface area (Å²) >= 11 is 0. The van der Waals surface area contributed by atoms with Crippen molar-refractivity contribution in [3.63, 3.8) is 0 Å². The molecule has 4 nitrogen and oxygen atoms in total. The van der Waals surface area contributed by atoms with Gasteiger partial charge in [-0.1, -0.05) is 19.3 Å². The number of aromatic nitrogens is 3. The predicted molar refractivity (Wildman–Crippen MR) is 50.8 cm³/mol. The number of nitrogens with two attached hydrogens (primary N) is 1. The zero-order valence-electron chi connectivity index (χ0n) is 7.99. The molecule has 70 valence electrons. The summed E-state index contributed by atoms with van der Waals surface area (Å²) in [4.78, 5) is 3.97. The molecule has 1 atom stereocenters. The molecule has 0 aliphatic heterocycles. The summed E-state index contributed by atoms with van der Waals surface area (Å²) in [5.41, 5.74) is 5.72. The fourth-order valence-electron chi connectivity index (χ4n) is 0.950. The number of hydrogen-bond donors (Lipinski definition) is 1. The van der Waals surface area contributed by atoms with Gasteiger partial charge in [-0.15, -0.1) is 0 Å². The third-order valence-electron chi connectivity index (χ3n) is 1.68. The van der Waals surface area contributed by atoms with Crippen LogP contribution in [0, 0.1) is 11.8 Å². The van der Waals surface area contributed by atoms with Crippen LogP contribution in [0.5, 0.6) is 0 Å². The molecule has 0 aliphatic rings. The highest BCUT2D eigenvalue weighted by molar-refractivity contribution is 5.22. The molecule has 0 fully saturated rings. The summed E-state index contributed by atoms with van der Waals surface area (Å²) in [6.07, 6.45) is 3.45. The normalized spacial score (nSPS) is 11.9. The fraction of sp³-hybridized carbons (Fsp3) is 0.556. The second kappa shape index (κ2) is 4.63. The van der Waals surface area contributed by atoms with Crippen LogP contribution in [-0.4, -0.2) is 20.8 Å². The fourth-order valence-corrected chi connectivity index (χ4v) is 0.950. The Bertz CT molecular complexity index is 318. The summed E-state index contributed by atoms with van der Waals surface area (Å²) in [6.45, 7) is 2.09. The van der Waals surface area contributed by atoms with Gasteiger partial charge in [-0.05, 0) is 12.3 Å². The van der Waals surface area contributed by atoms with Crippen molar-refractivity contribution in [3.8, 4) is 11.8 Å². The van der Waals surface area contributed by atoms with Crippen molar-refractivity contribution >= 4 is 0 Å². The number of rotatable bonds is 2. The van der Waals surface area contributed by atoms with Gasteiger partial charge in [-0.2, -0.15) is 5.10 Å². The first-order valence-corrected chi connectivity index (χ1v) is 4.35. The molecule has 0 bridgehead atoms. The highest BCUT2D eigenvalue weighted by Crippen LogP contribution is 1.92. The summed E-state index contributed by atoms with van der Waals surface area (Å²) in [5, 5.41) is 3.90. The number of nitrogens with zero attached hydrogens (tertiary/aromatic N) is 3. The van der Waals surface area contributed by atoms with Gasteiger partial charge in [0.2, 0.25) is 5.82 Å². The van der Waals surface area contributed by atoms with Crippen LogP contribution in [0.15, 0.2) is 6.33 Å². The van der Waals surface area contributed by atoms with E-state index in [4.69, 9.17) is 5.73 Å². The Kier molecular flexibility index (Phi) is 3.47. The molecule has 0 aliphatic carbocycles. The van der Waals surface area contributed by atoms with Crippen molar-refractivity contribution < 1.29 is 0 Å². The van der Waals surface area contributed by atoms with Gasteiger partial charge in [0.15, 0.2) is 0 Å². The van der Waals surface area contributed by atoms with E-state index in [1.807, 2.05) is 7.05 Å². The minimum absolute atomic E-state index is 0.0540. The third kappa shape index (κ3) is 2.88. The number of hydrogen-bond acceptors (Lipinski definition) is 3. The lowest BCUT2D eigenvalue weighted by Gasteiger charge is -1.98. The van der Waals surface area contributed by atoms with E-state index < -0.39 is 0 Å². The zero-order chi connectivity index (χ0) is 9.68. The molecule has 1 unspecified atom stereocenters. The molecule has 4 heteroatoms. The second-order valence-corrected chi connectivity index (χ2v) is 2.87. The first-order chi connectivity index (χ1) is 6.24. The summed E-state index contributed by atoms with van der Waals surface area (Å²) < 4.78 is 1.63. The highest BCUT2D eigenvalue weighted by atomic mass is 15.3. The van der Waals surface area contributed by atoms with Crippen molar-refractivity contribution in [2.75, 3.05) is 0 Å². The van der Waals surface area contributed by atoms with Crippen molar-refractivity contribution in [2.24, 2.45) is 12.8 Å². The van der Waals surface area contributed by atoms with Crippen molar-refractivity contribution in [1.82, 2.24) is 14.8 Å². The average Bonchev–Trinajstić information content (AvgIpc) is 2.48. The maximum atomic E-state index is 5.72. The van der Waals surface area contributed by atoms with E-state index in [2.05, 4.69) is 28.8 Å². The Morgan fingerprint density at radius 1 is 1.69 bits per heavy atom. The van der Waals surface area contributed by atoms with Crippen molar-refractivity contribution in [3.05, 3.63) is 12.2 Å². The van der Waals surface area contributed by atoms with Crippen LogP contribution < -0.4 is 5.73 Å². The molecule has 0 amide bonds. The van der Waals surface area contributed by atoms with Crippen LogP contribution in [0.1, 0.15) is 25.6 Å². The second-order valence-electron chi connectivity index (χ2n) is 2.87. The lowest BCUT2D eigenvalue weighted by Crippen LogP contribution is -2.16. The van der Waals surface area contributed by atoms with Gasteiger partial charge < -0.3 is 5.73 Å². The van der Waals surface area contributed by atoms with E-state index in [0.717, 1.165) is 12.8 Å². The van der Waals surface area contributed by atoms with Crippen molar-refractivity contribution in [2.45, 2.75) is 25.8 Å². The van der Waals surface area contributed by atoms with E-state index in [1.165, 1.54) is 6.33 Å². The molecule has 13 heavy (non-hydrogen) atoms. The zero-order valence-corrected chi connectivity index (χ0v) is 7.99. The Morgan fingerprint density at radius 2 is 2.46 bits per heavy atom. The van der Waals surface area contributed by atoms with Gasteiger partial charge in [-0.3, -0.25) is 0 Å². The van der Waals surface area contributed by atoms with Crippen LogP contribution >= 0.6 is 0 Å². The van der Waals surface area contributed by atoms with Crippen molar-refractivity contribution in [1.29, 1.82) is 0 Å². The Labute approximate surface area is 78.2 Å². The molecule has 1 aromatic heterocycles. The molecule has 0 radical (unpaired) electrons. The predicted octanol–water partition coefficient (Wildman–Crippen LogP) is 0.294. The average molecular weight is 178 g/mol. The molecular formula is C9H14N4. The van der Waals surface area contributed by atoms with Crippen LogP contribution in [-0.2, 0) is 7.05 Å². The van der Waals surface area contributed by atoms with E-state index in [0.29, 0.717) is 5.82 Å².